The molecule has 0 saturated carbocycles. The highest BCUT2D eigenvalue weighted by Crippen LogP contribution is 2.25. The number of hydrogen-bond acceptors (Lipinski definition) is 13. The third kappa shape index (κ3) is 24.3. The van der Waals surface area contributed by atoms with Crippen molar-refractivity contribution in [2.45, 2.75) is 44.3 Å². The maximum atomic E-state index is 12.5. The molecule has 26 heteroatoms. The summed E-state index contributed by atoms with van der Waals surface area (Å²) in [5.74, 6) is -3.58. The molecule has 0 bridgehead atoms. The van der Waals surface area contributed by atoms with Crippen molar-refractivity contribution in [3.05, 3.63) is 174 Å². The Balaban J connectivity index is 0.000000573. The first-order valence-electron chi connectivity index (χ1n) is 21.9. The number of nitrogens with zero attached hydrogens (tertiary/aromatic N) is 2. The molecule has 1 fully saturated rings. The highest BCUT2D eigenvalue weighted by molar-refractivity contribution is 7.59. The van der Waals surface area contributed by atoms with Gasteiger partial charge < -0.3 is 55.9 Å². The summed E-state index contributed by atoms with van der Waals surface area (Å²) in [6.07, 6.45) is 0.425. The zero-order valence-electron chi connectivity index (χ0n) is 40.5. The summed E-state index contributed by atoms with van der Waals surface area (Å²) in [6, 6.07) is 30.3. The number of nitro benzene ring substituents is 1. The van der Waals surface area contributed by atoms with Gasteiger partial charge in [-0.15, -0.1) is 0 Å². The molecule has 0 radical (unpaired) electrons. The van der Waals surface area contributed by atoms with E-state index in [0.717, 1.165) is 50.8 Å². The molecule has 1 aliphatic heterocycles. The highest BCUT2D eigenvalue weighted by atomic mass is 35.5. The number of rotatable bonds is 16. The minimum Gasteiger partial charge on any atom is -0.480 e. The topological polar surface area (TPSA) is 277 Å². The number of esters is 1. The van der Waals surface area contributed by atoms with Gasteiger partial charge in [-0.1, -0.05) is 119 Å². The molecule has 0 spiro atoms. The number of carbonyl (C=O) groups excluding carboxylic acids is 5. The maximum Gasteiger partial charge on any atom is 0.412 e. The van der Waals surface area contributed by atoms with E-state index in [2.05, 4.69) is 43.5 Å². The largest absolute Gasteiger partial charge is 0.480 e. The average molecular weight is 1160 g/mol. The van der Waals surface area contributed by atoms with Gasteiger partial charge >= 0.3 is 24.1 Å². The van der Waals surface area contributed by atoms with Gasteiger partial charge in [0.1, 0.15) is 17.8 Å². The fourth-order valence-electron chi connectivity index (χ4n) is 6.00. The van der Waals surface area contributed by atoms with Crippen LogP contribution in [0.5, 0.6) is 5.75 Å². The Morgan fingerprint density at radius 1 is 0.733 bits per heavy atom. The van der Waals surface area contributed by atoms with Crippen LogP contribution in [0.3, 0.4) is 0 Å². The Morgan fingerprint density at radius 2 is 1.21 bits per heavy atom. The van der Waals surface area contributed by atoms with E-state index in [9.17, 15) is 44.0 Å². The molecule has 1 unspecified atom stereocenters. The van der Waals surface area contributed by atoms with Crippen molar-refractivity contribution >= 4 is 115 Å². The number of amides is 5. The number of nitrogens with one attached hydrogen (secondary N) is 5. The lowest BCUT2D eigenvalue weighted by Crippen LogP contribution is -2.50. The van der Waals surface area contributed by atoms with Crippen molar-refractivity contribution in [1.82, 2.24) is 31.5 Å². The molecule has 5 aromatic carbocycles. The number of methoxy groups -OCH3 is 1. The zero-order valence-corrected chi connectivity index (χ0v) is 45.5. The number of benzene rings is 5. The van der Waals surface area contributed by atoms with Gasteiger partial charge in [0.15, 0.2) is 6.29 Å². The molecule has 5 aromatic rings. The van der Waals surface area contributed by atoms with Crippen LogP contribution in [-0.2, 0) is 32.2 Å². The molecule has 75 heavy (non-hydrogen) atoms. The van der Waals surface area contributed by atoms with Crippen molar-refractivity contribution < 1.29 is 58.1 Å². The Hall–Kier alpha value is -6.34. The number of non-ortho nitro benzene ring substituents is 1. The number of carboxylic acid groups (broad SMARTS) is 1. The van der Waals surface area contributed by atoms with E-state index >= 15 is 0 Å². The number of aliphatic hydroxyl groups is 1. The first-order valence-corrected chi connectivity index (χ1v) is 23.4. The molecule has 0 aromatic heterocycles. The fourth-order valence-corrected chi connectivity index (χ4v) is 7.14. The number of aliphatic carboxylic acids is 1. The Morgan fingerprint density at radius 3 is 1.63 bits per heavy atom. The number of carbonyl (C=O) groups is 6. The molecule has 20 nitrogen and oxygen atoms in total. The molecule has 3 atom stereocenters. The van der Waals surface area contributed by atoms with Gasteiger partial charge in [-0.2, -0.15) is 27.0 Å². The van der Waals surface area contributed by atoms with Crippen LogP contribution in [0.4, 0.5) is 15.3 Å². The van der Waals surface area contributed by atoms with Crippen LogP contribution in [0.2, 0.25) is 20.1 Å². The molecule has 1 aliphatic rings. The third-order valence-corrected chi connectivity index (χ3v) is 10.9. The Bertz CT molecular complexity index is 2570. The molecule has 0 aliphatic carbocycles. The van der Waals surface area contributed by atoms with E-state index in [0.29, 0.717) is 6.54 Å². The SMILES string of the molecule is CN(Cc1ccccc1)C(=O)NC[C@H](NC(=O)c1c(Cl)cccc1Cl)C(=O)O.CNCc1ccccc1.COC(=O)[C@H](CNC(=O)Oc1ccc([N+](=O)[O-])cc1)NC(=O)c1c(Cl)cccc1Cl.OC1CCCO1.S.S. The van der Waals surface area contributed by atoms with E-state index in [1.54, 1.807) is 19.2 Å². The van der Waals surface area contributed by atoms with Crippen LogP contribution in [0.25, 0.3) is 0 Å². The summed E-state index contributed by atoms with van der Waals surface area (Å²) >= 11 is 23.9. The molecule has 406 valence electrons. The maximum absolute atomic E-state index is 12.5. The highest BCUT2D eigenvalue weighted by Gasteiger charge is 2.27. The lowest BCUT2D eigenvalue weighted by atomic mass is 10.2. The molecular weight excluding hydrogens is 1100 g/mol. The number of halogens is 4. The van der Waals surface area contributed by atoms with Crippen molar-refractivity contribution in [3.8, 4) is 5.75 Å². The quantitative estimate of drug-likeness (QED) is 0.0283. The lowest BCUT2D eigenvalue weighted by molar-refractivity contribution is -0.384. The van der Waals surface area contributed by atoms with Gasteiger partial charge in [-0.05, 0) is 61.0 Å². The summed E-state index contributed by atoms with van der Waals surface area (Å²) in [5.41, 5.74) is 2.03. The first-order chi connectivity index (χ1) is 34.8. The van der Waals surface area contributed by atoms with Crippen LogP contribution in [0.1, 0.15) is 44.7 Å². The summed E-state index contributed by atoms with van der Waals surface area (Å²) in [4.78, 5) is 83.8. The number of carboxylic acids is 1. The van der Waals surface area contributed by atoms with E-state index in [4.69, 9.17) is 61.0 Å². The van der Waals surface area contributed by atoms with Gasteiger partial charge in [0, 0.05) is 45.3 Å². The summed E-state index contributed by atoms with van der Waals surface area (Å²) in [5, 5.41) is 41.4. The minimum atomic E-state index is -1.35. The second-order valence-electron chi connectivity index (χ2n) is 15.1. The molecule has 5 amide bonds. The van der Waals surface area contributed by atoms with Crippen molar-refractivity contribution in [2.24, 2.45) is 0 Å². The summed E-state index contributed by atoms with van der Waals surface area (Å²) < 4.78 is 14.3. The normalized spacial score (nSPS) is 12.6. The number of aliphatic hydroxyl groups excluding tert-OH is 1. The van der Waals surface area contributed by atoms with Crippen molar-refractivity contribution in [1.29, 1.82) is 0 Å². The third-order valence-electron chi connectivity index (χ3n) is 9.68. The van der Waals surface area contributed by atoms with Gasteiger partial charge in [0.05, 0.1) is 56.3 Å². The van der Waals surface area contributed by atoms with Gasteiger partial charge in [-0.3, -0.25) is 19.7 Å². The Kier molecular flexibility index (Phi) is 31.8. The van der Waals surface area contributed by atoms with Gasteiger partial charge in [0.2, 0.25) is 0 Å². The second kappa shape index (κ2) is 35.8. The fraction of sp³-hybridized carbons (Fsp3) is 0.265. The minimum absolute atomic E-state index is 0. The van der Waals surface area contributed by atoms with Crippen LogP contribution in [-0.4, -0.2) is 115 Å². The van der Waals surface area contributed by atoms with Crippen molar-refractivity contribution in [3.63, 3.8) is 0 Å². The van der Waals surface area contributed by atoms with E-state index < -0.39 is 59.2 Å². The first kappa shape index (κ1) is 66.7. The summed E-state index contributed by atoms with van der Waals surface area (Å²) in [6.45, 7) is 1.38. The number of urea groups is 1. The number of ether oxygens (including phenoxy) is 3. The molecule has 7 N–H and O–H groups in total. The van der Waals surface area contributed by atoms with Gasteiger partial charge in [0.25, 0.3) is 17.5 Å². The Labute approximate surface area is 466 Å². The molecule has 6 rings (SSSR count). The van der Waals surface area contributed by atoms with Crippen LogP contribution in [0.15, 0.2) is 121 Å². The van der Waals surface area contributed by atoms with E-state index in [1.165, 1.54) is 46.9 Å². The van der Waals surface area contributed by atoms with Crippen molar-refractivity contribution in [2.75, 3.05) is 40.9 Å². The lowest BCUT2D eigenvalue weighted by Gasteiger charge is -2.21. The van der Waals surface area contributed by atoms with E-state index in [-0.39, 0.29) is 82.7 Å². The number of hydrogen-bond donors (Lipinski definition) is 7. The van der Waals surface area contributed by atoms with Crippen LogP contribution >= 0.6 is 73.4 Å². The van der Waals surface area contributed by atoms with Crippen LogP contribution in [0, 0.1) is 10.1 Å². The predicted molar refractivity (Wildman–Crippen MR) is 295 cm³/mol. The molecule has 1 saturated heterocycles. The van der Waals surface area contributed by atoms with Crippen LogP contribution < -0.4 is 31.3 Å². The molecular formula is C49H57Cl4N7O13S2. The monoisotopic (exact) mass is 1160 g/mol. The molecule has 1 heterocycles. The van der Waals surface area contributed by atoms with E-state index in [1.807, 2.05) is 55.6 Å². The smallest absolute Gasteiger partial charge is 0.412 e. The summed E-state index contributed by atoms with van der Waals surface area (Å²) in [7, 11) is 4.65. The second-order valence-corrected chi connectivity index (χ2v) is 16.8. The van der Waals surface area contributed by atoms with Gasteiger partial charge in [-0.25, -0.2) is 19.2 Å². The predicted octanol–water partition coefficient (Wildman–Crippen LogP) is 7.73. The standard InChI is InChI=1S/C19H19Cl2N3O4.C18H15Cl2N3O7.C8H11N.C4H8O2.2H2S/c1-24(11-12-6-3-2-4-7-12)19(28)22-10-15(18(26)27)23-17(25)16-13(20)8-5-9-14(16)21;1-29-17(25)14(22-16(24)15-12(19)3-2-4-13(15)20)9-21-18(26)30-11-7-5-10(6-8-11)23(27)28;1-9-7-8-5-3-2-4-6-8;5-4-2-1-3-6-4;;/h2-9,15H,10-11H2,1H3,(H,22,28)(H,23,25)(H,26,27);2-8,14H,9H2,1H3,(H,21,26)(H,22,24);2-6,9H,7H2,1H3;4-5H,1-3H2;2*1H2/t15-;14-;;;;/m00..../s1. The average Bonchev–Trinajstić information content (AvgIpc) is 3.85. The zero-order chi connectivity index (χ0) is 53.9. The number of nitro groups is 1.